The van der Waals surface area contributed by atoms with Crippen LogP contribution in [0.25, 0.3) is 0 Å². The Labute approximate surface area is 413 Å². The molecular formula is C58H111NO8. The summed E-state index contributed by atoms with van der Waals surface area (Å²) in [7, 11) is 0. The molecule has 1 aliphatic heterocycles. The SMILES string of the molecule is CCCCCCCC/C=C\CCCCCCCCCCCC(=O)NC(COC1OC(CO)C(O)C(O)C1O)C(O)/C=C/CCCCCCCCCCCCCCCCCCCCCCCCC. The molecule has 1 amide bonds. The molecule has 0 aliphatic carbocycles. The van der Waals surface area contributed by atoms with E-state index in [4.69, 9.17) is 9.47 Å². The number of allylic oxidation sites excluding steroid dienone is 3. The van der Waals surface area contributed by atoms with Gasteiger partial charge in [-0.05, 0) is 44.9 Å². The Hall–Kier alpha value is -1.33. The van der Waals surface area contributed by atoms with Gasteiger partial charge in [-0.3, -0.25) is 4.79 Å². The van der Waals surface area contributed by atoms with Gasteiger partial charge in [-0.2, -0.15) is 0 Å². The Morgan fingerprint density at radius 1 is 0.493 bits per heavy atom. The molecule has 0 bridgehead atoms. The molecule has 0 saturated carbocycles. The topological polar surface area (TPSA) is 149 Å². The number of aliphatic hydroxyl groups excluding tert-OH is 5. The van der Waals surface area contributed by atoms with Gasteiger partial charge in [0.15, 0.2) is 6.29 Å². The second kappa shape index (κ2) is 48.3. The summed E-state index contributed by atoms with van der Waals surface area (Å²) in [6, 6.07) is -0.804. The van der Waals surface area contributed by atoms with Gasteiger partial charge in [0.1, 0.15) is 24.4 Å². The minimum atomic E-state index is -1.57. The number of carbonyl (C=O) groups excluding carboxylic acids is 1. The molecule has 9 nitrogen and oxygen atoms in total. The first-order valence-corrected chi connectivity index (χ1v) is 29.1. The van der Waals surface area contributed by atoms with Gasteiger partial charge in [0.25, 0.3) is 0 Å². The molecule has 1 heterocycles. The molecule has 67 heavy (non-hydrogen) atoms. The summed E-state index contributed by atoms with van der Waals surface area (Å²) in [5, 5.41) is 54.5. The van der Waals surface area contributed by atoms with Crippen molar-refractivity contribution in [2.75, 3.05) is 13.2 Å². The molecule has 1 fully saturated rings. The maximum Gasteiger partial charge on any atom is 0.220 e. The van der Waals surface area contributed by atoms with Crippen molar-refractivity contribution in [3.05, 3.63) is 24.3 Å². The monoisotopic (exact) mass is 950 g/mol. The number of carbonyl (C=O) groups is 1. The van der Waals surface area contributed by atoms with Gasteiger partial charge in [0.2, 0.25) is 5.91 Å². The quantitative estimate of drug-likeness (QED) is 0.0261. The van der Waals surface area contributed by atoms with Crippen LogP contribution in [0.1, 0.15) is 284 Å². The van der Waals surface area contributed by atoms with Crippen LogP contribution in [0.4, 0.5) is 0 Å². The lowest BCUT2D eigenvalue weighted by molar-refractivity contribution is -0.302. The molecule has 7 atom stereocenters. The predicted molar refractivity (Wildman–Crippen MR) is 281 cm³/mol. The van der Waals surface area contributed by atoms with Gasteiger partial charge >= 0.3 is 0 Å². The Morgan fingerprint density at radius 2 is 0.836 bits per heavy atom. The van der Waals surface area contributed by atoms with E-state index >= 15 is 0 Å². The zero-order valence-electron chi connectivity index (χ0n) is 43.9. The van der Waals surface area contributed by atoms with Crippen LogP contribution in [0.2, 0.25) is 0 Å². The molecular weight excluding hydrogens is 839 g/mol. The highest BCUT2D eigenvalue weighted by atomic mass is 16.7. The highest BCUT2D eigenvalue weighted by molar-refractivity contribution is 5.76. The first kappa shape index (κ1) is 63.7. The van der Waals surface area contributed by atoms with Crippen LogP contribution in [0.3, 0.4) is 0 Å². The minimum absolute atomic E-state index is 0.175. The average Bonchev–Trinajstić information content (AvgIpc) is 3.33. The van der Waals surface area contributed by atoms with Gasteiger partial charge in [-0.25, -0.2) is 0 Å². The molecule has 0 radical (unpaired) electrons. The van der Waals surface area contributed by atoms with Gasteiger partial charge in [0, 0.05) is 6.42 Å². The number of rotatable bonds is 50. The van der Waals surface area contributed by atoms with E-state index in [2.05, 4.69) is 31.3 Å². The van der Waals surface area contributed by atoms with Crippen molar-refractivity contribution in [1.82, 2.24) is 5.32 Å². The number of hydrogen-bond acceptors (Lipinski definition) is 8. The zero-order valence-corrected chi connectivity index (χ0v) is 43.9. The maximum atomic E-state index is 13.0. The van der Waals surface area contributed by atoms with E-state index < -0.39 is 49.5 Å². The number of nitrogens with one attached hydrogen (secondary N) is 1. The van der Waals surface area contributed by atoms with Crippen molar-refractivity contribution in [1.29, 1.82) is 0 Å². The third-order valence-electron chi connectivity index (χ3n) is 14.0. The second-order valence-electron chi connectivity index (χ2n) is 20.4. The van der Waals surface area contributed by atoms with E-state index in [1.54, 1.807) is 6.08 Å². The number of ether oxygens (including phenoxy) is 2. The number of amides is 1. The van der Waals surface area contributed by atoms with Crippen LogP contribution in [-0.2, 0) is 14.3 Å². The molecule has 396 valence electrons. The fourth-order valence-electron chi connectivity index (χ4n) is 9.39. The lowest BCUT2D eigenvalue weighted by atomic mass is 9.99. The van der Waals surface area contributed by atoms with Gasteiger partial charge in [-0.15, -0.1) is 0 Å². The molecule has 6 N–H and O–H groups in total. The first-order valence-electron chi connectivity index (χ1n) is 29.1. The van der Waals surface area contributed by atoms with Crippen molar-refractivity contribution in [3.63, 3.8) is 0 Å². The van der Waals surface area contributed by atoms with Gasteiger partial charge in [-0.1, -0.05) is 256 Å². The smallest absolute Gasteiger partial charge is 0.220 e. The summed E-state index contributed by atoms with van der Waals surface area (Å²) < 4.78 is 11.3. The second-order valence-corrected chi connectivity index (χ2v) is 20.4. The lowest BCUT2D eigenvalue weighted by Crippen LogP contribution is -2.60. The van der Waals surface area contributed by atoms with E-state index in [0.29, 0.717) is 6.42 Å². The fraction of sp³-hybridized carbons (Fsp3) is 0.914. The summed E-state index contributed by atoms with van der Waals surface area (Å²) in [4.78, 5) is 13.0. The van der Waals surface area contributed by atoms with E-state index in [9.17, 15) is 30.3 Å². The third-order valence-corrected chi connectivity index (χ3v) is 14.0. The minimum Gasteiger partial charge on any atom is -0.394 e. The van der Waals surface area contributed by atoms with Crippen molar-refractivity contribution >= 4 is 5.91 Å². The number of hydrogen-bond donors (Lipinski definition) is 6. The molecule has 0 aromatic heterocycles. The van der Waals surface area contributed by atoms with Crippen LogP contribution in [0.15, 0.2) is 24.3 Å². The van der Waals surface area contributed by atoms with Crippen LogP contribution in [0, 0.1) is 0 Å². The molecule has 0 spiro atoms. The van der Waals surface area contributed by atoms with E-state index in [1.165, 1.54) is 225 Å². The molecule has 7 unspecified atom stereocenters. The third kappa shape index (κ3) is 38.1. The van der Waals surface area contributed by atoms with Crippen molar-refractivity contribution in [2.24, 2.45) is 0 Å². The van der Waals surface area contributed by atoms with Crippen LogP contribution >= 0.6 is 0 Å². The largest absolute Gasteiger partial charge is 0.394 e. The maximum absolute atomic E-state index is 13.0. The summed E-state index contributed by atoms with van der Waals surface area (Å²) >= 11 is 0. The van der Waals surface area contributed by atoms with Gasteiger partial charge < -0.3 is 40.3 Å². The Balaban J connectivity index is 2.22. The van der Waals surface area contributed by atoms with Gasteiger partial charge in [0.05, 0.1) is 25.4 Å². The Morgan fingerprint density at radius 3 is 1.21 bits per heavy atom. The molecule has 1 aliphatic rings. The van der Waals surface area contributed by atoms with Crippen LogP contribution in [-0.4, -0.2) is 87.5 Å². The highest BCUT2D eigenvalue weighted by Gasteiger charge is 2.44. The molecule has 1 saturated heterocycles. The summed E-state index contributed by atoms with van der Waals surface area (Å²) in [6.07, 6.45) is 53.8. The molecule has 1 rings (SSSR count). The Kier molecular flexibility index (Phi) is 45.9. The predicted octanol–water partition coefficient (Wildman–Crippen LogP) is 14.2. The molecule has 0 aromatic rings. The summed E-state index contributed by atoms with van der Waals surface area (Å²) in [5.74, 6) is -0.175. The van der Waals surface area contributed by atoms with E-state index in [1.807, 2.05) is 6.08 Å². The van der Waals surface area contributed by atoms with E-state index in [0.717, 1.165) is 38.5 Å². The Bertz CT molecular complexity index is 1100. The lowest BCUT2D eigenvalue weighted by Gasteiger charge is -2.40. The fourth-order valence-corrected chi connectivity index (χ4v) is 9.39. The highest BCUT2D eigenvalue weighted by Crippen LogP contribution is 2.23. The standard InChI is InChI=1S/C58H111NO8/c1-3-5-7-9-11-13-15-17-19-21-23-24-25-26-27-28-30-31-33-35-37-39-41-43-45-47-52(61)51(50-66-58-57(65)56(64)55(63)53(49-60)67-58)59-54(62)48-46-44-42-40-38-36-34-32-29-22-20-18-16-14-12-10-8-6-4-2/h18,20,45,47,51-53,55-58,60-61,63-65H,3-17,19,21-44,46,48-50H2,1-2H3,(H,59,62)/b20-18-,47-45+. The molecule has 9 heteroatoms. The average molecular weight is 951 g/mol. The van der Waals surface area contributed by atoms with E-state index in [-0.39, 0.29) is 12.5 Å². The van der Waals surface area contributed by atoms with Crippen molar-refractivity contribution < 1.29 is 39.8 Å². The van der Waals surface area contributed by atoms with Crippen LogP contribution in [0.5, 0.6) is 0 Å². The van der Waals surface area contributed by atoms with Crippen molar-refractivity contribution in [3.8, 4) is 0 Å². The normalized spacial score (nSPS) is 19.8. The summed E-state index contributed by atoms with van der Waals surface area (Å²) in [5.41, 5.74) is 0. The van der Waals surface area contributed by atoms with Crippen molar-refractivity contribution in [2.45, 2.75) is 326 Å². The molecule has 0 aromatic carbocycles. The number of unbranched alkanes of at least 4 members (excludes halogenated alkanes) is 38. The van der Waals surface area contributed by atoms with Crippen LogP contribution < -0.4 is 5.32 Å². The number of aliphatic hydroxyl groups is 5. The summed E-state index contributed by atoms with van der Waals surface area (Å²) in [6.45, 7) is 3.81. The first-order chi connectivity index (χ1) is 32.8. The zero-order chi connectivity index (χ0) is 48.7.